The third kappa shape index (κ3) is 3.10. The van der Waals surface area contributed by atoms with Crippen LogP contribution in [0.15, 0.2) is 47.2 Å². The van der Waals surface area contributed by atoms with Gasteiger partial charge in [0.05, 0.1) is 5.02 Å². The summed E-state index contributed by atoms with van der Waals surface area (Å²) in [6, 6.07) is 10.1. The van der Waals surface area contributed by atoms with Crippen molar-refractivity contribution in [2.75, 3.05) is 6.54 Å². The Morgan fingerprint density at radius 2 is 2.06 bits per heavy atom. The van der Waals surface area contributed by atoms with Crippen LogP contribution in [0, 0.1) is 0 Å². The Balaban J connectivity index is 2.26. The Morgan fingerprint density at radius 3 is 2.72 bits per heavy atom. The average molecular weight is 326 g/mol. The minimum atomic E-state index is 0.250. The molecule has 0 saturated heterocycles. The molecule has 0 saturated carbocycles. The number of nitrogens with two attached hydrogens (primary N) is 1. The van der Waals surface area contributed by atoms with Gasteiger partial charge in [0.1, 0.15) is 0 Å². The second kappa shape index (κ2) is 6.32. The molecule has 0 aliphatic heterocycles. The summed E-state index contributed by atoms with van der Waals surface area (Å²) >= 11 is 9.71. The Bertz CT molecular complexity index is 531. The van der Waals surface area contributed by atoms with Gasteiger partial charge in [-0.2, -0.15) is 0 Å². The van der Waals surface area contributed by atoms with Crippen molar-refractivity contribution in [3.05, 3.63) is 63.3 Å². The number of rotatable bonds is 4. The second-order valence-corrected chi connectivity index (χ2v) is 5.39. The van der Waals surface area contributed by atoms with E-state index in [1.165, 1.54) is 5.56 Å². The summed E-state index contributed by atoms with van der Waals surface area (Å²) in [6.45, 7) is 0.585. The first kappa shape index (κ1) is 13.5. The van der Waals surface area contributed by atoms with E-state index < -0.39 is 0 Å². The molecule has 1 heterocycles. The maximum absolute atomic E-state index is 6.14. The van der Waals surface area contributed by atoms with E-state index in [0.29, 0.717) is 11.6 Å². The van der Waals surface area contributed by atoms with Crippen LogP contribution in [-0.2, 0) is 6.42 Å². The molecule has 0 fully saturated rings. The number of hydrogen-bond acceptors (Lipinski definition) is 2. The lowest BCUT2D eigenvalue weighted by atomic mass is 9.92. The third-order valence-electron chi connectivity index (χ3n) is 2.95. The van der Waals surface area contributed by atoms with Gasteiger partial charge in [-0.25, -0.2) is 0 Å². The van der Waals surface area contributed by atoms with E-state index in [1.54, 1.807) is 12.4 Å². The molecule has 0 spiro atoms. The van der Waals surface area contributed by atoms with Crippen LogP contribution in [0.1, 0.15) is 17.0 Å². The number of nitrogens with zero attached hydrogens (tertiary/aromatic N) is 1. The minimum Gasteiger partial charge on any atom is -0.330 e. The fraction of sp³-hybridized carbons (Fsp3) is 0.214. The fourth-order valence-corrected chi connectivity index (χ4v) is 2.77. The van der Waals surface area contributed by atoms with Gasteiger partial charge in [0.15, 0.2) is 0 Å². The fourth-order valence-electron chi connectivity index (χ4n) is 1.96. The topological polar surface area (TPSA) is 38.9 Å². The highest BCUT2D eigenvalue weighted by molar-refractivity contribution is 9.10. The summed E-state index contributed by atoms with van der Waals surface area (Å²) in [5, 5.41) is 0.697. The maximum Gasteiger partial charge on any atom is 0.0621 e. The molecule has 2 nitrogen and oxygen atoms in total. The molecule has 1 unspecified atom stereocenters. The van der Waals surface area contributed by atoms with E-state index in [1.807, 2.05) is 24.3 Å². The van der Waals surface area contributed by atoms with Gasteiger partial charge in [0, 0.05) is 22.8 Å². The van der Waals surface area contributed by atoms with Gasteiger partial charge < -0.3 is 5.73 Å². The predicted molar refractivity (Wildman–Crippen MR) is 78.9 cm³/mol. The van der Waals surface area contributed by atoms with E-state index in [2.05, 4.69) is 27.0 Å². The zero-order chi connectivity index (χ0) is 13.0. The normalized spacial score (nSPS) is 12.4. The Labute approximate surface area is 120 Å². The van der Waals surface area contributed by atoms with Gasteiger partial charge in [-0.15, -0.1) is 0 Å². The standard InChI is InChI=1S/C14H14BrClN2/c15-13-4-2-1-3-12(13)11(8-17)7-10-5-6-18-9-14(10)16/h1-6,9,11H,7-8,17H2. The zero-order valence-corrected chi connectivity index (χ0v) is 12.2. The van der Waals surface area contributed by atoms with Gasteiger partial charge in [0.2, 0.25) is 0 Å². The molecule has 0 amide bonds. The molecule has 1 aromatic carbocycles. The molecular weight excluding hydrogens is 312 g/mol. The maximum atomic E-state index is 6.14. The second-order valence-electron chi connectivity index (χ2n) is 4.13. The molecule has 4 heteroatoms. The molecule has 2 rings (SSSR count). The summed E-state index contributed by atoms with van der Waals surface area (Å²) in [5.41, 5.74) is 8.19. The Kier molecular flexibility index (Phi) is 4.75. The van der Waals surface area contributed by atoms with Crippen LogP contribution in [0.3, 0.4) is 0 Å². The molecule has 0 bridgehead atoms. The van der Waals surface area contributed by atoms with Crippen LogP contribution in [0.5, 0.6) is 0 Å². The number of halogens is 2. The molecule has 2 N–H and O–H groups in total. The first-order chi connectivity index (χ1) is 8.72. The average Bonchev–Trinajstić information content (AvgIpc) is 2.39. The number of pyridine rings is 1. The first-order valence-corrected chi connectivity index (χ1v) is 6.92. The largest absolute Gasteiger partial charge is 0.330 e. The quantitative estimate of drug-likeness (QED) is 0.929. The van der Waals surface area contributed by atoms with E-state index >= 15 is 0 Å². The lowest BCUT2D eigenvalue weighted by Crippen LogP contribution is -2.15. The molecule has 1 aromatic heterocycles. The van der Waals surface area contributed by atoms with Crippen LogP contribution < -0.4 is 5.73 Å². The lowest BCUT2D eigenvalue weighted by molar-refractivity contribution is 0.691. The van der Waals surface area contributed by atoms with Crippen molar-refractivity contribution in [2.24, 2.45) is 5.73 Å². The first-order valence-electron chi connectivity index (χ1n) is 5.75. The molecular formula is C14H14BrClN2. The molecule has 94 valence electrons. The summed E-state index contributed by atoms with van der Waals surface area (Å²) in [7, 11) is 0. The Hall–Kier alpha value is -0.900. The summed E-state index contributed by atoms with van der Waals surface area (Å²) < 4.78 is 1.09. The molecule has 0 aliphatic carbocycles. The van der Waals surface area contributed by atoms with Crippen molar-refractivity contribution in [3.8, 4) is 0 Å². The van der Waals surface area contributed by atoms with Gasteiger partial charge >= 0.3 is 0 Å². The van der Waals surface area contributed by atoms with Gasteiger partial charge in [-0.1, -0.05) is 45.7 Å². The summed E-state index contributed by atoms with van der Waals surface area (Å²) in [5.74, 6) is 0.250. The predicted octanol–water partition coefficient (Wildman–Crippen LogP) is 3.78. The zero-order valence-electron chi connectivity index (χ0n) is 9.81. The van der Waals surface area contributed by atoms with Crippen LogP contribution in [0.25, 0.3) is 0 Å². The summed E-state index contributed by atoms with van der Waals surface area (Å²) in [4.78, 5) is 4.00. The Morgan fingerprint density at radius 1 is 1.28 bits per heavy atom. The number of aromatic nitrogens is 1. The molecule has 1 atom stereocenters. The van der Waals surface area contributed by atoms with Gasteiger partial charge in [-0.3, -0.25) is 4.98 Å². The minimum absolute atomic E-state index is 0.250. The SMILES string of the molecule is NCC(Cc1ccncc1Cl)c1ccccc1Br. The highest BCUT2D eigenvalue weighted by Gasteiger charge is 2.14. The number of benzene rings is 1. The molecule has 2 aromatic rings. The van der Waals surface area contributed by atoms with Crippen molar-refractivity contribution in [1.29, 1.82) is 0 Å². The van der Waals surface area contributed by atoms with Crippen molar-refractivity contribution in [1.82, 2.24) is 4.98 Å². The van der Waals surface area contributed by atoms with Crippen molar-refractivity contribution in [3.63, 3.8) is 0 Å². The van der Waals surface area contributed by atoms with E-state index in [-0.39, 0.29) is 5.92 Å². The van der Waals surface area contributed by atoms with Crippen LogP contribution in [0.4, 0.5) is 0 Å². The van der Waals surface area contributed by atoms with Crippen LogP contribution >= 0.6 is 27.5 Å². The van der Waals surface area contributed by atoms with Crippen molar-refractivity contribution >= 4 is 27.5 Å². The summed E-state index contributed by atoms with van der Waals surface area (Å²) in [6.07, 6.45) is 4.25. The molecule has 18 heavy (non-hydrogen) atoms. The highest BCUT2D eigenvalue weighted by atomic mass is 79.9. The number of hydrogen-bond donors (Lipinski definition) is 1. The highest BCUT2D eigenvalue weighted by Crippen LogP contribution is 2.28. The monoisotopic (exact) mass is 324 g/mol. The van der Waals surface area contributed by atoms with Crippen molar-refractivity contribution in [2.45, 2.75) is 12.3 Å². The third-order valence-corrected chi connectivity index (χ3v) is 4.01. The molecule has 0 radical (unpaired) electrons. The van der Waals surface area contributed by atoms with E-state index in [4.69, 9.17) is 17.3 Å². The van der Waals surface area contributed by atoms with Crippen molar-refractivity contribution < 1.29 is 0 Å². The van der Waals surface area contributed by atoms with E-state index in [0.717, 1.165) is 16.5 Å². The van der Waals surface area contributed by atoms with Gasteiger partial charge in [0.25, 0.3) is 0 Å². The van der Waals surface area contributed by atoms with Gasteiger partial charge in [-0.05, 0) is 36.2 Å². The van der Waals surface area contributed by atoms with Crippen LogP contribution in [-0.4, -0.2) is 11.5 Å². The van der Waals surface area contributed by atoms with E-state index in [9.17, 15) is 0 Å². The molecule has 0 aliphatic rings. The lowest BCUT2D eigenvalue weighted by Gasteiger charge is -2.17. The smallest absolute Gasteiger partial charge is 0.0621 e. The van der Waals surface area contributed by atoms with Crippen LogP contribution in [0.2, 0.25) is 5.02 Å².